The summed E-state index contributed by atoms with van der Waals surface area (Å²) in [6.07, 6.45) is 1.58. The summed E-state index contributed by atoms with van der Waals surface area (Å²) in [4.78, 5) is 27.2. The maximum absolute atomic E-state index is 13.4. The summed E-state index contributed by atoms with van der Waals surface area (Å²) in [6.45, 7) is 0. The van der Waals surface area contributed by atoms with E-state index in [0.29, 0.717) is 28.6 Å². The standard InChI is InChI=1S/C21H16FN5O2S/c22-15-2-1-3-17(10-15)27-9-8-18(25-27)21(29)26-13-30-12-19(26)20(28)24-16-6-4-14(11-23)5-7-16/h1-10,19H,12-13H2,(H,24,28). The van der Waals surface area contributed by atoms with Crippen molar-refractivity contribution in [2.45, 2.75) is 6.04 Å². The summed E-state index contributed by atoms with van der Waals surface area (Å²) in [7, 11) is 0. The zero-order chi connectivity index (χ0) is 21.1. The molecule has 2 amide bonds. The molecule has 4 rings (SSSR count). The van der Waals surface area contributed by atoms with Crippen molar-refractivity contribution in [3.63, 3.8) is 0 Å². The van der Waals surface area contributed by atoms with E-state index in [1.165, 1.54) is 33.5 Å². The first-order chi connectivity index (χ1) is 14.5. The molecule has 150 valence electrons. The van der Waals surface area contributed by atoms with Crippen molar-refractivity contribution in [3.8, 4) is 11.8 Å². The highest BCUT2D eigenvalue weighted by atomic mass is 32.2. The Bertz CT molecular complexity index is 1140. The lowest BCUT2D eigenvalue weighted by Crippen LogP contribution is -2.44. The van der Waals surface area contributed by atoms with Gasteiger partial charge in [-0.25, -0.2) is 9.07 Å². The second-order valence-electron chi connectivity index (χ2n) is 6.59. The lowest BCUT2D eigenvalue weighted by atomic mass is 10.2. The topological polar surface area (TPSA) is 91.0 Å². The number of hydrogen-bond donors (Lipinski definition) is 1. The number of halogens is 1. The maximum atomic E-state index is 13.4. The number of nitrogens with one attached hydrogen (secondary N) is 1. The third-order valence-electron chi connectivity index (χ3n) is 4.61. The van der Waals surface area contributed by atoms with Gasteiger partial charge in [-0.2, -0.15) is 10.4 Å². The zero-order valence-electron chi connectivity index (χ0n) is 15.7. The number of carbonyl (C=O) groups excluding carboxylic acids is 2. The van der Waals surface area contributed by atoms with E-state index < -0.39 is 11.9 Å². The highest BCUT2D eigenvalue weighted by Crippen LogP contribution is 2.24. The molecule has 1 unspecified atom stereocenters. The molecule has 1 atom stereocenters. The minimum absolute atomic E-state index is 0.179. The molecule has 0 aliphatic carbocycles. The first-order valence-electron chi connectivity index (χ1n) is 9.06. The van der Waals surface area contributed by atoms with Crippen LogP contribution in [-0.2, 0) is 4.79 Å². The third kappa shape index (κ3) is 4.04. The predicted molar refractivity (Wildman–Crippen MR) is 111 cm³/mol. The number of aromatic nitrogens is 2. The van der Waals surface area contributed by atoms with Crippen molar-refractivity contribution in [2.24, 2.45) is 0 Å². The average Bonchev–Trinajstić information content (AvgIpc) is 3.44. The molecule has 0 radical (unpaired) electrons. The number of amides is 2. The lowest BCUT2D eigenvalue weighted by molar-refractivity contribution is -0.119. The van der Waals surface area contributed by atoms with Gasteiger partial charge in [-0.3, -0.25) is 9.59 Å². The van der Waals surface area contributed by atoms with Crippen LogP contribution in [0.25, 0.3) is 5.69 Å². The molecule has 1 fully saturated rings. The van der Waals surface area contributed by atoms with Gasteiger partial charge < -0.3 is 10.2 Å². The summed E-state index contributed by atoms with van der Waals surface area (Å²) < 4.78 is 14.9. The van der Waals surface area contributed by atoms with Gasteiger partial charge in [0, 0.05) is 17.6 Å². The molecule has 30 heavy (non-hydrogen) atoms. The van der Waals surface area contributed by atoms with E-state index in [2.05, 4.69) is 10.4 Å². The Morgan fingerprint density at radius 2 is 2.00 bits per heavy atom. The summed E-state index contributed by atoms with van der Waals surface area (Å²) in [5, 5.41) is 15.9. The SMILES string of the molecule is N#Cc1ccc(NC(=O)C2CSCN2C(=O)c2ccn(-c3cccc(F)c3)n2)cc1. The van der Waals surface area contributed by atoms with Crippen LogP contribution >= 0.6 is 11.8 Å². The molecular weight excluding hydrogens is 405 g/mol. The average molecular weight is 421 g/mol. The Morgan fingerprint density at radius 3 is 2.73 bits per heavy atom. The molecule has 1 aliphatic heterocycles. The molecule has 1 aromatic heterocycles. The number of hydrogen-bond acceptors (Lipinski definition) is 5. The number of nitriles is 1. The number of anilines is 1. The van der Waals surface area contributed by atoms with Crippen LogP contribution in [0.1, 0.15) is 16.1 Å². The third-order valence-corrected chi connectivity index (χ3v) is 5.62. The van der Waals surface area contributed by atoms with E-state index in [9.17, 15) is 14.0 Å². The minimum atomic E-state index is -0.641. The fourth-order valence-electron chi connectivity index (χ4n) is 3.06. The van der Waals surface area contributed by atoms with E-state index in [1.807, 2.05) is 6.07 Å². The summed E-state index contributed by atoms with van der Waals surface area (Å²) in [5.74, 6) is -0.223. The quantitative estimate of drug-likeness (QED) is 0.699. The number of nitrogens with zero attached hydrogens (tertiary/aromatic N) is 4. The predicted octanol–water partition coefficient (Wildman–Crippen LogP) is 3.04. The Kier molecular flexibility index (Phi) is 5.50. The Labute approximate surface area is 176 Å². The van der Waals surface area contributed by atoms with Crippen LogP contribution in [0.15, 0.2) is 60.8 Å². The van der Waals surface area contributed by atoms with Gasteiger partial charge >= 0.3 is 0 Å². The molecule has 2 aromatic carbocycles. The molecule has 9 heteroatoms. The molecule has 2 heterocycles. The second kappa shape index (κ2) is 8.39. The highest BCUT2D eigenvalue weighted by Gasteiger charge is 2.36. The first kappa shape index (κ1) is 19.7. The van der Waals surface area contributed by atoms with E-state index in [1.54, 1.807) is 48.7 Å². The summed E-state index contributed by atoms with van der Waals surface area (Å²) in [5.41, 5.74) is 1.73. The molecule has 1 aliphatic rings. The minimum Gasteiger partial charge on any atom is -0.324 e. The van der Waals surface area contributed by atoms with Gasteiger partial charge in [-0.1, -0.05) is 6.07 Å². The molecule has 1 N–H and O–H groups in total. The largest absolute Gasteiger partial charge is 0.324 e. The first-order valence-corrected chi connectivity index (χ1v) is 10.2. The van der Waals surface area contributed by atoms with E-state index in [4.69, 9.17) is 5.26 Å². The maximum Gasteiger partial charge on any atom is 0.275 e. The van der Waals surface area contributed by atoms with Crippen LogP contribution in [0.2, 0.25) is 0 Å². The fraction of sp³-hybridized carbons (Fsp3) is 0.143. The summed E-state index contributed by atoms with van der Waals surface area (Å²) in [6, 6.07) is 15.3. The number of thioether (sulfide) groups is 1. The molecule has 0 bridgehead atoms. The second-order valence-corrected chi connectivity index (χ2v) is 7.59. The van der Waals surface area contributed by atoms with Crippen molar-refractivity contribution in [2.75, 3.05) is 16.9 Å². The summed E-state index contributed by atoms with van der Waals surface area (Å²) >= 11 is 1.48. The number of benzene rings is 2. The van der Waals surface area contributed by atoms with Crippen molar-refractivity contribution in [1.82, 2.24) is 14.7 Å². The van der Waals surface area contributed by atoms with E-state index in [-0.39, 0.29) is 17.5 Å². The molecule has 0 spiro atoms. The van der Waals surface area contributed by atoms with Crippen molar-refractivity contribution in [1.29, 1.82) is 5.26 Å². The Hall–Kier alpha value is -3.64. The van der Waals surface area contributed by atoms with Gasteiger partial charge in [0.05, 0.1) is 23.2 Å². The molecule has 7 nitrogen and oxygen atoms in total. The Morgan fingerprint density at radius 1 is 1.20 bits per heavy atom. The molecule has 1 saturated heterocycles. The van der Waals surface area contributed by atoms with Crippen LogP contribution in [0.5, 0.6) is 0 Å². The van der Waals surface area contributed by atoms with Crippen LogP contribution in [0, 0.1) is 17.1 Å². The highest BCUT2D eigenvalue weighted by molar-refractivity contribution is 7.99. The Balaban J connectivity index is 1.48. The monoisotopic (exact) mass is 421 g/mol. The normalized spacial score (nSPS) is 15.6. The van der Waals surface area contributed by atoms with Gasteiger partial charge in [-0.05, 0) is 48.5 Å². The number of carbonyl (C=O) groups is 2. The molecule has 3 aromatic rings. The van der Waals surface area contributed by atoms with Gasteiger partial charge in [0.1, 0.15) is 11.9 Å². The van der Waals surface area contributed by atoms with Crippen LogP contribution in [0.3, 0.4) is 0 Å². The van der Waals surface area contributed by atoms with Gasteiger partial charge in [0.15, 0.2) is 5.69 Å². The molecule has 0 saturated carbocycles. The van der Waals surface area contributed by atoms with Crippen molar-refractivity contribution >= 4 is 29.3 Å². The van der Waals surface area contributed by atoms with Crippen molar-refractivity contribution in [3.05, 3.63) is 77.9 Å². The smallest absolute Gasteiger partial charge is 0.275 e. The fourth-order valence-corrected chi connectivity index (χ4v) is 4.22. The van der Waals surface area contributed by atoms with E-state index in [0.717, 1.165) is 0 Å². The van der Waals surface area contributed by atoms with Gasteiger partial charge in [-0.15, -0.1) is 11.8 Å². The van der Waals surface area contributed by atoms with Crippen LogP contribution in [-0.4, -0.2) is 44.2 Å². The van der Waals surface area contributed by atoms with E-state index >= 15 is 0 Å². The lowest BCUT2D eigenvalue weighted by Gasteiger charge is -2.22. The molecular formula is C21H16FN5O2S. The zero-order valence-corrected chi connectivity index (χ0v) is 16.5. The van der Waals surface area contributed by atoms with Gasteiger partial charge in [0.2, 0.25) is 5.91 Å². The van der Waals surface area contributed by atoms with Crippen LogP contribution < -0.4 is 5.32 Å². The van der Waals surface area contributed by atoms with Crippen molar-refractivity contribution < 1.29 is 14.0 Å². The number of rotatable bonds is 4. The van der Waals surface area contributed by atoms with Gasteiger partial charge in [0.25, 0.3) is 5.91 Å². The van der Waals surface area contributed by atoms with Crippen LogP contribution in [0.4, 0.5) is 10.1 Å².